The minimum atomic E-state index is -4.67. The van der Waals surface area contributed by atoms with Crippen LogP contribution in [0.4, 0.5) is 0 Å². The maximum absolute atomic E-state index is 8.74. The van der Waals surface area contributed by atoms with Crippen LogP contribution in [0.2, 0.25) is 0 Å². The van der Waals surface area contributed by atoms with Gasteiger partial charge in [0.2, 0.25) is 0 Å². The van der Waals surface area contributed by atoms with E-state index in [1.807, 2.05) is 0 Å². The molecule has 0 saturated carbocycles. The molecule has 2 radical (unpaired) electrons. The van der Waals surface area contributed by atoms with Crippen molar-refractivity contribution in [1.29, 1.82) is 0 Å². The molecule has 0 aliphatic heterocycles. The van der Waals surface area contributed by atoms with Crippen molar-refractivity contribution in [3.63, 3.8) is 0 Å². The molecule has 0 aromatic heterocycles. The van der Waals surface area contributed by atoms with Gasteiger partial charge < -0.3 is 5.48 Å². The molecule has 0 rings (SSSR count). The predicted octanol–water partition coefficient (Wildman–Crippen LogP) is -2.39. The van der Waals surface area contributed by atoms with Crippen molar-refractivity contribution in [1.82, 2.24) is 0 Å². The van der Waals surface area contributed by atoms with Gasteiger partial charge >= 0.3 is 34.3 Å². The van der Waals surface area contributed by atoms with E-state index in [4.69, 9.17) is 17.5 Å². The fourth-order valence-electron chi connectivity index (χ4n) is 0. The number of hydrogen-bond acceptors (Lipinski definition) is 2. The summed E-state index contributed by atoms with van der Waals surface area (Å²) in [4.78, 5) is 0. The summed E-state index contributed by atoms with van der Waals surface area (Å²) in [7, 11) is -4.67. The van der Waals surface area contributed by atoms with E-state index < -0.39 is 10.4 Å². The summed E-state index contributed by atoms with van der Waals surface area (Å²) in [6.45, 7) is 0. The third-order valence-electron chi connectivity index (χ3n) is 0. The van der Waals surface area contributed by atoms with Gasteiger partial charge in [0, 0.05) is 0 Å². The third kappa shape index (κ3) is 359. The van der Waals surface area contributed by atoms with E-state index in [1.165, 1.54) is 0 Å². The first-order chi connectivity index (χ1) is 2.00. The van der Waals surface area contributed by atoms with E-state index >= 15 is 0 Å². The summed E-state index contributed by atoms with van der Waals surface area (Å²) < 4.78 is 31.6. The standard InChI is InChI=1S/H2O4S.H2O.Sn.2H/c1-5(2,3)4;;;;/h(H2,1,2,3,4);1H2;;;. The molecule has 0 bridgehead atoms. The fourth-order valence-corrected chi connectivity index (χ4v) is 0. The molecular weight excluding hydrogens is 231 g/mol. The van der Waals surface area contributed by atoms with Crippen molar-refractivity contribution in [3.05, 3.63) is 0 Å². The van der Waals surface area contributed by atoms with Crippen LogP contribution in [-0.4, -0.2) is 46.9 Å². The Morgan fingerprint density at radius 3 is 1.14 bits per heavy atom. The van der Waals surface area contributed by atoms with Gasteiger partial charge in [-0.3, -0.25) is 9.11 Å². The molecule has 0 saturated heterocycles. The normalized spacial score (nSPS) is 8.29. The van der Waals surface area contributed by atoms with Crippen LogP contribution in [0.15, 0.2) is 0 Å². The van der Waals surface area contributed by atoms with Crippen LogP contribution >= 0.6 is 0 Å². The summed E-state index contributed by atoms with van der Waals surface area (Å²) in [6, 6.07) is 0. The molecule has 0 spiro atoms. The molecule has 0 heterocycles. The zero-order valence-corrected chi connectivity index (χ0v) is 8.18. The number of rotatable bonds is 0. The minimum absolute atomic E-state index is 0. The Bertz CT molecular complexity index is 91.2. The molecule has 0 aromatic rings. The van der Waals surface area contributed by atoms with Gasteiger partial charge in [-0.05, 0) is 0 Å². The van der Waals surface area contributed by atoms with E-state index in [0.29, 0.717) is 0 Å². The van der Waals surface area contributed by atoms with E-state index in [0.717, 1.165) is 0 Å². The summed E-state index contributed by atoms with van der Waals surface area (Å²) >= 11 is 0. The van der Waals surface area contributed by atoms with E-state index in [9.17, 15) is 0 Å². The molecule has 46 valence electrons. The van der Waals surface area contributed by atoms with Crippen LogP contribution in [0.3, 0.4) is 0 Å². The van der Waals surface area contributed by atoms with Gasteiger partial charge in [-0.15, -0.1) is 0 Å². The molecule has 0 aliphatic carbocycles. The monoisotopic (exact) mass is 238 g/mol. The molecule has 0 atom stereocenters. The van der Waals surface area contributed by atoms with Crippen molar-refractivity contribution < 1.29 is 23.0 Å². The van der Waals surface area contributed by atoms with E-state index in [1.54, 1.807) is 0 Å². The van der Waals surface area contributed by atoms with Gasteiger partial charge in [-0.2, -0.15) is 8.42 Å². The molecule has 0 amide bonds. The summed E-state index contributed by atoms with van der Waals surface area (Å²) in [5.74, 6) is 0. The van der Waals surface area contributed by atoms with Gasteiger partial charge in [0.25, 0.3) is 0 Å². The van der Waals surface area contributed by atoms with Gasteiger partial charge in [0.1, 0.15) is 0 Å². The van der Waals surface area contributed by atoms with Crippen molar-refractivity contribution in [2.75, 3.05) is 0 Å². The molecule has 7 heavy (non-hydrogen) atoms. The van der Waals surface area contributed by atoms with Crippen molar-refractivity contribution in [2.24, 2.45) is 0 Å². The fraction of sp³-hybridized carbons (Fsp3) is 0. The molecule has 0 aliphatic rings. The predicted molar refractivity (Wildman–Crippen MR) is 26.3 cm³/mol. The molecule has 0 unspecified atom stereocenters. The summed E-state index contributed by atoms with van der Waals surface area (Å²) in [5, 5.41) is 0. The Balaban J connectivity index is -0.0000000800. The second kappa shape index (κ2) is 4.78. The Morgan fingerprint density at radius 1 is 1.14 bits per heavy atom. The molecule has 4 N–H and O–H groups in total. The van der Waals surface area contributed by atoms with Crippen LogP contribution in [0.25, 0.3) is 0 Å². The van der Waals surface area contributed by atoms with Crippen LogP contribution < -0.4 is 0 Å². The van der Waals surface area contributed by atoms with Gasteiger partial charge in [0.15, 0.2) is 0 Å². The topological polar surface area (TPSA) is 106 Å². The Labute approximate surface area is 57.6 Å². The SMILES string of the molecule is O.O=S(=O)(O)O.[SnH2]. The van der Waals surface area contributed by atoms with Crippen LogP contribution in [0, 0.1) is 0 Å². The van der Waals surface area contributed by atoms with Crippen LogP contribution in [0.1, 0.15) is 0 Å². The Hall–Kier alpha value is 0.629. The quantitative estimate of drug-likeness (QED) is 0.362. The van der Waals surface area contributed by atoms with E-state index in [2.05, 4.69) is 0 Å². The third-order valence-corrected chi connectivity index (χ3v) is 0. The first-order valence-electron chi connectivity index (χ1n) is 0.698. The zero-order valence-electron chi connectivity index (χ0n) is 3.33. The van der Waals surface area contributed by atoms with Crippen molar-refractivity contribution >= 4 is 34.3 Å². The summed E-state index contributed by atoms with van der Waals surface area (Å²) in [5.41, 5.74) is 0. The van der Waals surface area contributed by atoms with Crippen molar-refractivity contribution in [2.45, 2.75) is 0 Å². The van der Waals surface area contributed by atoms with Gasteiger partial charge in [-0.25, -0.2) is 0 Å². The summed E-state index contributed by atoms with van der Waals surface area (Å²) in [6.07, 6.45) is 0. The second-order valence-corrected chi connectivity index (χ2v) is 1.34. The Morgan fingerprint density at radius 2 is 1.14 bits per heavy atom. The molecular formula is H6O5SSn. The van der Waals surface area contributed by atoms with Gasteiger partial charge in [-0.1, -0.05) is 0 Å². The first kappa shape index (κ1) is 15.6. The molecule has 0 fully saturated rings. The maximum atomic E-state index is 8.74. The average Bonchev–Trinajstić information content (AvgIpc) is 0.722. The average molecular weight is 237 g/mol. The molecule has 0 aromatic carbocycles. The second-order valence-electron chi connectivity index (χ2n) is 0.448. The van der Waals surface area contributed by atoms with Gasteiger partial charge in [0.05, 0.1) is 0 Å². The molecule has 7 heteroatoms. The van der Waals surface area contributed by atoms with Crippen LogP contribution in [0.5, 0.6) is 0 Å². The Kier molecular flexibility index (Phi) is 10.7. The van der Waals surface area contributed by atoms with Crippen LogP contribution in [-0.2, 0) is 10.4 Å². The first-order valence-corrected chi connectivity index (χ1v) is 2.10. The van der Waals surface area contributed by atoms with Crippen molar-refractivity contribution in [3.8, 4) is 0 Å². The molecule has 5 nitrogen and oxygen atoms in total. The zero-order chi connectivity index (χ0) is 4.50. The van der Waals surface area contributed by atoms with E-state index in [-0.39, 0.29) is 29.4 Å². The number of hydrogen-bond donors (Lipinski definition) is 2.